The Bertz CT molecular complexity index is 301. The molecule has 3 heteroatoms. The van der Waals surface area contributed by atoms with E-state index in [9.17, 15) is 4.79 Å². The minimum absolute atomic E-state index is 0.0133. The molecule has 1 aromatic heterocycles. The third-order valence-electron chi connectivity index (χ3n) is 2.03. The maximum Gasteiger partial charge on any atom is 0.205 e. The fraction of sp³-hybridized carbons (Fsp3) is 0.500. The molecule has 1 aliphatic rings. The zero-order valence-corrected chi connectivity index (χ0v) is 6.39. The van der Waals surface area contributed by atoms with Gasteiger partial charge < -0.3 is 4.52 Å². The van der Waals surface area contributed by atoms with Crippen LogP contribution in [0.2, 0.25) is 0 Å². The number of hydrogen-bond donors (Lipinski definition) is 0. The van der Waals surface area contributed by atoms with Crippen LogP contribution in [0.1, 0.15) is 35.2 Å². The van der Waals surface area contributed by atoms with Crippen molar-refractivity contribution >= 4 is 5.78 Å². The first-order chi connectivity index (χ1) is 5.29. The van der Waals surface area contributed by atoms with E-state index in [1.54, 1.807) is 0 Å². The van der Waals surface area contributed by atoms with Gasteiger partial charge >= 0.3 is 0 Å². The van der Waals surface area contributed by atoms with Crippen LogP contribution in [0.15, 0.2) is 4.52 Å². The largest absolute Gasteiger partial charge is 0.353 e. The fourth-order valence-corrected chi connectivity index (χ4v) is 1.51. The van der Waals surface area contributed by atoms with Crippen molar-refractivity contribution in [3.8, 4) is 0 Å². The Morgan fingerprint density at radius 3 is 3.09 bits per heavy atom. The van der Waals surface area contributed by atoms with Gasteiger partial charge in [-0.1, -0.05) is 5.16 Å². The van der Waals surface area contributed by atoms with Gasteiger partial charge in [-0.2, -0.15) is 0 Å². The fourth-order valence-electron chi connectivity index (χ4n) is 1.51. The van der Waals surface area contributed by atoms with Crippen molar-refractivity contribution in [2.24, 2.45) is 0 Å². The first kappa shape index (κ1) is 6.58. The molecule has 2 rings (SSSR count). The van der Waals surface area contributed by atoms with Crippen LogP contribution in [0.25, 0.3) is 0 Å². The van der Waals surface area contributed by atoms with E-state index in [0.717, 1.165) is 30.5 Å². The van der Waals surface area contributed by atoms with Crippen LogP contribution in [0.4, 0.5) is 0 Å². The predicted octanol–water partition coefficient (Wildman–Crippen LogP) is 1.37. The molecule has 0 aromatic carbocycles. The number of aromatic nitrogens is 1. The first-order valence-electron chi connectivity index (χ1n) is 3.77. The molecular formula is C8H9NO2. The molecule has 0 amide bonds. The molecule has 0 atom stereocenters. The quantitative estimate of drug-likeness (QED) is 0.569. The lowest BCUT2D eigenvalue weighted by atomic mass is 10.2. The molecule has 0 aliphatic heterocycles. The van der Waals surface area contributed by atoms with E-state index in [1.165, 1.54) is 6.92 Å². The minimum Gasteiger partial charge on any atom is -0.353 e. The van der Waals surface area contributed by atoms with Gasteiger partial charge in [-0.3, -0.25) is 4.79 Å². The molecule has 58 valence electrons. The van der Waals surface area contributed by atoms with Gasteiger partial charge in [0.05, 0.1) is 5.69 Å². The number of carbonyl (C=O) groups is 1. The Balaban J connectivity index is 2.50. The summed E-state index contributed by atoms with van der Waals surface area (Å²) < 4.78 is 4.90. The summed E-state index contributed by atoms with van der Waals surface area (Å²) >= 11 is 0. The van der Waals surface area contributed by atoms with Crippen molar-refractivity contribution in [3.05, 3.63) is 17.0 Å². The molecule has 1 heterocycles. The van der Waals surface area contributed by atoms with Gasteiger partial charge in [-0.05, 0) is 19.3 Å². The molecule has 0 saturated carbocycles. The lowest BCUT2D eigenvalue weighted by Crippen LogP contribution is -1.93. The Morgan fingerprint density at radius 2 is 2.36 bits per heavy atom. The smallest absolute Gasteiger partial charge is 0.205 e. The summed E-state index contributed by atoms with van der Waals surface area (Å²) in [4.78, 5) is 10.9. The van der Waals surface area contributed by atoms with E-state index in [1.807, 2.05) is 0 Å². The number of Topliss-reactive ketones (excluding diaryl/α,β-unsaturated/α-hetero) is 1. The van der Waals surface area contributed by atoms with Gasteiger partial charge in [0, 0.05) is 12.5 Å². The number of aryl methyl sites for hydroxylation is 1. The summed E-state index contributed by atoms with van der Waals surface area (Å²) in [5.74, 6) is 0.457. The zero-order chi connectivity index (χ0) is 7.84. The van der Waals surface area contributed by atoms with E-state index in [0.29, 0.717) is 5.76 Å². The van der Waals surface area contributed by atoms with Gasteiger partial charge in [-0.25, -0.2) is 0 Å². The van der Waals surface area contributed by atoms with Gasteiger partial charge in [0.25, 0.3) is 0 Å². The maximum absolute atomic E-state index is 10.9. The van der Waals surface area contributed by atoms with Crippen LogP contribution in [0, 0.1) is 0 Å². The number of nitrogens with zero attached hydrogens (tertiary/aromatic N) is 1. The van der Waals surface area contributed by atoms with Crippen molar-refractivity contribution in [3.63, 3.8) is 0 Å². The Labute approximate surface area is 64.4 Å². The number of carbonyl (C=O) groups excluding carboxylic acids is 1. The van der Waals surface area contributed by atoms with E-state index >= 15 is 0 Å². The molecule has 0 fully saturated rings. The van der Waals surface area contributed by atoms with Crippen LogP contribution in [-0.2, 0) is 12.8 Å². The topological polar surface area (TPSA) is 43.1 Å². The van der Waals surface area contributed by atoms with Gasteiger partial charge in [0.15, 0.2) is 5.78 Å². The molecule has 0 unspecified atom stereocenters. The normalized spacial score (nSPS) is 15.0. The number of rotatable bonds is 1. The molecule has 1 aromatic rings. The van der Waals surface area contributed by atoms with Crippen LogP contribution < -0.4 is 0 Å². The molecule has 0 bridgehead atoms. The summed E-state index contributed by atoms with van der Waals surface area (Å²) in [7, 11) is 0. The van der Waals surface area contributed by atoms with Gasteiger partial charge in [-0.15, -0.1) is 0 Å². The molecule has 3 nitrogen and oxygen atoms in total. The highest BCUT2D eigenvalue weighted by Gasteiger charge is 2.22. The first-order valence-corrected chi connectivity index (χ1v) is 3.77. The molecule has 0 N–H and O–H groups in total. The van der Waals surface area contributed by atoms with Crippen molar-refractivity contribution < 1.29 is 9.32 Å². The second-order valence-corrected chi connectivity index (χ2v) is 2.85. The second kappa shape index (κ2) is 2.19. The van der Waals surface area contributed by atoms with Crippen LogP contribution >= 0.6 is 0 Å². The molecule has 1 aliphatic carbocycles. The van der Waals surface area contributed by atoms with Crippen molar-refractivity contribution in [1.29, 1.82) is 0 Å². The molecule has 11 heavy (non-hydrogen) atoms. The third-order valence-corrected chi connectivity index (χ3v) is 2.03. The zero-order valence-electron chi connectivity index (χ0n) is 6.39. The highest BCUT2D eigenvalue weighted by molar-refractivity contribution is 5.92. The van der Waals surface area contributed by atoms with Crippen molar-refractivity contribution in [2.45, 2.75) is 26.2 Å². The minimum atomic E-state index is -0.0133. The van der Waals surface area contributed by atoms with Crippen LogP contribution in [-0.4, -0.2) is 10.9 Å². The van der Waals surface area contributed by atoms with Crippen molar-refractivity contribution in [1.82, 2.24) is 5.16 Å². The monoisotopic (exact) mass is 151 g/mol. The predicted molar refractivity (Wildman–Crippen MR) is 38.5 cm³/mol. The Hall–Kier alpha value is -1.12. The Kier molecular flexibility index (Phi) is 1.31. The number of ketones is 1. The van der Waals surface area contributed by atoms with Crippen LogP contribution in [0.3, 0.4) is 0 Å². The van der Waals surface area contributed by atoms with E-state index in [2.05, 4.69) is 5.16 Å². The average molecular weight is 151 g/mol. The van der Waals surface area contributed by atoms with Gasteiger partial charge in [0.2, 0.25) is 5.76 Å². The average Bonchev–Trinajstić information content (AvgIpc) is 2.41. The maximum atomic E-state index is 10.9. The SMILES string of the molecule is CC(=O)c1onc2c1CCC2. The van der Waals surface area contributed by atoms with E-state index in [4.69, 9.17) is 4.52 Å². The van der Waals surface area contributed by atoms with E-state index < -0.39 is 0 Å². The summed E-state index contributed by atoms with van der Waals surface area (Å²) in [6.45, 7) is 1.51. The summed E-state index contributed by atoms with van der Waals surface area (Å²) in [6, 6.07) is 0. The van der Waals surface area contributed by atoms with E-state index in [-0.39, 0.29) is 5.78 Å². The van der Waals surface area contributed by atoms with Gasteiger partial charge in [0.1, 0.15) is 0 Å². The summed E-state index contributed by atoms with van der Waals surface area (Å²) in [5.41, 5.74) is 2.02. The lowest BCUT2D eigenvalue weighted by Gasteiger charge is -1.88. The lowest BCUT2D eigenvalue weighted by molar-refractivity contribution is 0.0977. The molecule has 0 saturated heterocycles. The van der Waals surface area contributed by atoms with Crippen molar-refractivity contribution in [2.75, 3.05) is 0 Å². The Morgan fingerprint density at radius 1 is 1.55 bits per heavy atom. The van der Waals surface area contributed by atoms with Crippen LogP contribution in [0.5, 0.6) is 0 Å². The number of hydrogen-bond acceptors (Lipinski definition) is 3. The highest BCUT2D eigenvalue weighted by Crippen LogP contribution is 2.24. The highest BCUT2D eigenvalue weighted by atomic mass is 16.5. The standard InChI is InChI=1S/C8H9NO2/c1-5(10)8-6-3-2-4-7(6)9-11-8/h2-4H2,1H3. The third kappa shape index (κ3) is 0.878. The molecule has 0 radical (unpaired) electrons. The summed E-state index contributed by atoms with van der Waals surface area (Å²) in [5, 5.41) is 3.82. The second-order valence-electron chi connectivity index (χ2n) is 2.85. The number of fused-ring (bicyclic) bond motifs is 1. The molecule has 0 spiro atoms. The molecular weight excluding hydrogens is 142 g/mol. The summed E-state index contributed by atoms with van der Waals surface area (Å²) in [6.07, 6.45) is 3.02.